The van der Waals surface area contributed by atoms with Crippen LogP contribution in [-0.2, 0) is 21.7 Å². The molecule has 0 saturated heterocycles. The quantitative estimate of drug-likeness (QED) is 0.121. The van der Waals surface area contributed by atoms with Crippen LogP contribution in [0.15, 0.2) is 48.5 Å². The van der Waals surface area contributed by atoms with Gasteiger partial charge in [-0.25, -0.2) is 0 Å². The lowest BCUT2D eigenvalue weighted by Crippen LogP contribution is -2.41. The molecule has 0 spiro atoms. The van der Waals surface area contributed by atoms with Gasteiger partial charge in [-0.1, -0.05) is 0 Å². The molecule has 1 aliphatic heterocycles. The van der Waals surface area contributed by atoms with Gasteiger partial charge in [-0.15, -0.1) is 0 Å². The van der Waals surface area contributed by atoms with Gasteiger partial charge in [-0.05, 0) is 48.5 Å². The van der Waals surface area contributed by atoms with Crippen LogP contribution in [-0.4, -0.2) is 114 Å². The minimum Gasteiger partial charge on any atom is -0.395 e. The molecule has 0 saturated carbocycles. The number of aliphatic hydroxyl groups excluding tert-OH is 8. The molecule has 0 aromatic carbocycles. The smallest absolute Gasteiger partial charge is 0.0962 e. The molecule has 0 fully saturated rings. The van der Waals surface area contributed by atoms with Crippen LogP contribution in [0.5, 0.6) is 0 Å². The van der Waals surface area contributed by atoms with Crippen molar-refractivity contribution in [3.05, 3.63) is 94.1 Å². The van der Waals surface area contributed by atoms with E-state index in [-0.39, 0.29) is 0 Å². The monoisotopic (exact) mass is 556 g/mol. The average molecular weight is 557 g/mol. The lowest BCUT2D eigenvalue weighted by atomic mass is 9.82. The van der Waals surface area contributed by atoms with Crippen LogP contribution in [0.1, 0.15) is 45.6 Å². The van der Waals surface area contributed by atoms with Gasteiger partial charge >= 0.3 is 0 Å². The zero-order valence-electron chi connectivity index (χ0n) is 21.9. The van der Waals surface area contributed by atoms with Gasteiger partial charge in [-0.3, -0.25) is 0 Å². The van der Waals surface area contributed by atoms with E-state index < -0.39 is 74.5 Å². The summed E-state index contributed by atoms with van der Waals surface area (Å²) in [5.74, 6) is 0. The zero-order valence-corrected chi connectivity index (χ0v) is 21.9. The SMILES string of the molecule is OCC1(CO)c2ccc([nH]2)C(CO)(CO)c2ccc([nH]2)C(CO)(CO)c2ccc([nH]2)C(CO)(CO)c2ccc1[nH]2. The second-order valence-electron chi connectivity index (χ2n) is 10.7. The Balaban J connectivity index is 1.86. The summed E-state index contributed by atoms with van der Waals surface area (Å²) in [6.07, 6.45) is 0. The average Bonchev–Trinajstić information content (AvgIpc) is 3.81. The van der Waals surface area contributed by atoms with Crippen molar-refractivity contribution in [2.24, 2.45) is 0 Å². The van der Waals surface area contributed by atoms with Gasteiger partial charge in [0.05, 0.1) is 74.5 Å². The fourth-order valence-corrected chi connectivity index (χ4v) is 5.96. The van der Waals surface area contributed by atoms with Gasteiger partial charge in [0.25, 0.3) is 0 Å². The summed E-state index contributed by atoms with van der Waals surface area (Å²) < 4.78 is 0. The molecule has 5 heterocycles. The van der Waals surface area contributed by atoms with Crippen LogP contribution in [0, 0.1) is 0 Å². The topological polar surface area (TPSA) is 225 Å². The summed E-state index contributed by atoms with van der Waals surface area (Å²) in [6.45, 7) is -4.15. The maximum Gasteiger partial charge on any atom is 0.0962 e. The van der Waals surface area contributed by atoms with Gasteiger partial charge in [-0.2, -0.15) is 0 Å². The molecular weight excluding hydrogens is 520 g/mol. The molecule has 0 atom stereocenters. The molecule has 0 radical (unpaired) electrons. The molecule has 12 heteroatoms. The van der Waals surface area contributed by atoms with Gasteiger partial charge in [0.2, 0.25) is 0 Å². The largest absolute Gasteiger partial charge is 0.395 e. The van der Waals surface area contributed by atoms with E-state index in [9.17, 15) is 40.9 Å². The number of rotatable bonds is 8. The molecule has 40 heavy (non-hydrogen) atoms. The third kappa shape index (κ3) is 3.62. The van der Waals surface area contributed by atoms with Crippen molar-refractivity contribution in [3.63, 3.8) is 0 Å². The van der Waals surface area contributed by atoms with E-state index in [4.69, 9.17) is 0 Å². The maximum atomic E-state index is 10.6. The van der Waals surface area contributed by atoms with Crippen molar-refractivity contribution < 1.29 is 40.9 Å². The second kappa shape index (κ2) is 10.3. The first-order chi connectivity index (χ1) is 19.3. The number of hydrogen-bond donors (Lipinski definition) is 12. The molecule has 0 unspecified atom stereocenters. The van der Waals surface area contributed by atoms with E-state index in [1.54, 1.807) is 48.5 Å². The first-order valence-corrected chi connectivity index (χ1v) is 13.0. The second-order valence-corrected chi connectivity index (χ2v) is 10.7. The Hall–Kier alpha value is -3.20. The summed E-state index contributed by atoms with van der Waals surface area (Å²) in [5, 5.41) is 84.8. The van der Waals surface area contributed by atoms with Crippen molar-refractivity contribution in [2.75, 3.05) is 52.9 Å². The minimum atomic E-state index is -1.37. The highest BCUT2D eigenvalue weighted by Gasteiger charge is 2.45. The Kier molecular flexibility index (Phi) is 7.31. The fourth-order valence-electron chi connectivity index (χ4n) is 5.96. The van der Waals surface area contributed by atoms with E-state index in [2.05, 4.69) is 19.9 Å². The van der Waals surface area contributed by atoms with Crippen LogP contribution >= 0.6 is 0 Å². The third-order valence-electron chi connectivity index (χ3n) is 9.03. The summed E-state index contributed by atoms with van der Waals surface area (Å²) in [6, 6.07) is 13.2. The third-order valence-corrected chi connectivity index (χ3v) is 9.03. The summed E-state index contributed by atoms with van der Waals surface area (Å²) >= 11 is 0. The minimum absolute atomic E-state index is 0.395. The van der Waals surface area contributed by atoms with E-state index in [1.165, 1.54) is 0 Å². The highest BCUT2D eigenvalue weighted by atomic mass is 16.3. The molecule has 8 bridgehead atoms. The molecule has 216 valence electrons. The van der Waals surface area contributed by atoms with E-state index in [1.807, 2.05) is 0 Å². The molecule has 5 rings (SSSR count). The normalized spacial score (nSPS) is 18.6. The van der Waals surface area contributed by atoms with Crippen molar-refractivity contribution in [1.82, 2.24) is 19.9 Å². The summed E-state index contributed by atoms with van der Waals surface area (Å²) in [4.78, 5) is 12.8. The van der Waals surface area contributed by atoms with Gasteiger partial charge in [0.1, 0.15) is 0 Å². The van der Waals surface area contributed by atoms with Crippen LogP contribution in [0.25, 0.3) is 0 Å². The first kappa shape index (κ1) is 28.3. The highest BCUT2D eigenvalue weighted by molar-refractivity contribution is 5.46. The molecule has 4 aromatic rings. The fraction of sp³-hybridized carbons (Fsp3) is 0.429. The number of hydrogen-bond acceptors (Lipinski definition) is 8. The lowest BCUT2D eigenvalue weighted by molar-refractivity contribution is 0.128. The van der Waals surface area contributed by atoms with Crippen LogP contribution in [0.2, 0.25) is 0 Å². The van der Waals surface area contributed by atoms with Crippen molar-refractivity contribution in [2.45, 2.75) is 21.7 Å². The molecule has 12 nitrogen and oxygen atoms in total. The number of aliphatic hydroxyl groups is 8. The van der Waals surface area contributed by atoms with Crippen molar-refractivity contribution >= 4 is 0 Å². The Morgan fingerprint density at radius 2 is 0.425 bits per heavy atom. The summed E-state index contributed by atoms with van der Waals surface area (Å²) in [7, 11) is 0. The lowest BCUT2D eigenvalue weighted by Gasteiger charge is -2.33. The van der Waals surface area contributed by atoms with Crippen molar-refractivity contribution in [3.8, 4) is 0 Å². The molecule has 1 aliphatic rings. The van der Waals surface area contributed by atoms with Crippen molar-refractivity contribution in [1.29, 1.82) is 0 Å². The standard InChI is InChI=1S/C28H36N4O8/c33-9-25(10-34)17-1-2-18(29-17)26(11-35,12-36)20-5-6-22(31-20)28(15-39,16-40)24-8-7-23(32-24)27(13-37,14-38)21-4-3-19(25)30-21/h1-8,29-40H,9-16H2. The van der Waals surface area contributed by atoms with Gasteiger partial charge in [0.15, 0.2) is 0 Å². The summed E-state index contributed by atoms with van der Waals surface area (Å²) in [5.41, 5.74) is -2.32. The van der Waals surface area contributed by atoms with Crippen LogP contribution in [0.3, 0.4) is 0 Å². The number of fused-ring (bicyclic) bond motifs is 8. The molecule has 12 N–H and O–H groups in total. The number of H-pyrrole nitrogens is 4. The van der Waals surface area contributed by atoms with E-state index in [0.717, 1.165) is 0 Å². The zero-order chi connectivity index (χ0) is 28.8. The Morgan fingerprint density at radius 3 is 0.525 bits per heavy atom. The number of aromatic nitrogens is 4. The molecule has 4 aromatic heterocycles. The maximum absolute atomic E-state index is 10.6. The van der Waals surface area contributed by atoms with E-state index >= 15 is 0 Å². The van der Waals surface area contributed by atoms with Gasteiger partial charge < -0.3 is 60.8 Å². The first-order valence-electron chi connectivity index (χ1n) is 13.0. The predicted octanol–water partition coefficient (Wildman–Crippen LogP) is -1.60. The molecule has 0 amide bonds. The van der Waals surface area contributed by atoms with Crippen LogP contribution in [0.4, 0.5) is 0 Å². The Labute approximate surface area is 229 Å². The van der Waals surface area contributed by atoms with Gasteiger partial charge in [0, 0.05) is 45.6 Å². The number of aromatic amines is 4. The number of nitrogens with one attached hydrogen (secondary N) is 4. The highest BCUT2D eigenvalue weighted by Crippen LogP contribution is 2.41. The molecular formula is C28H36N4O8. The Bertz CT molecular complexity index is 1130. The predicted molar refractivity (Wildman–Crippen MR) is 143 cm³/mol. The van der Waals surface area contributed by atoms with E-state index in [0.29, 0.717) is 45.6 Å². The molecule has 0 aliphatic carbocycles. The Morgan fingerprint density at radius 1 is 0.300 bits per heavy atom. The van der Waals surface area contributed by atoms with Crippen LogP contribution < -0.4 is 0 Å².